The molecule has 0 bridgehead atoms. The van der Waals surface area contributed by atoms with Gasteiger partial charge < -0.3 is 20.3 Å². The van der Waals surface area contributed by atoms with E-state index in [1.165, 1.54) is 0 Å². The normalized spacial score (nSPS) is 12.0. The Morgan fingerprint density at radius 3 is 2.00 bits per heavy atom. The lowest BCUT2D eigenvalue weighted by atomic mass is 10.00. The van der Waals surface area contributed by atoms with Gasteiger partial charge in [0.1, 0.15) is 23.3 Å². The molecule has 2 rings (SSSR count). The number of nitrogens with one attached hydrogen (secondary N) is 1. The van der Waals surface area contributed by atoms with Gasteiger partial charge in [0.25, 0.3) is 0 Å². The summed E-state index contributed by atoms with van der Waals surface area (Å²) in [7, 11) is 1.64. The first-order chi connectivity index (χ1) is 11.7. The molecule has 3 N–H and O–H groups in total. The second-order valence-corrected chi connectivity index (χ2v) is 6.45. The van der Waals surface area contributed by atoms with E-state index >= 15 is 0 Å². The lowest BCUT2D eigenvalue weighted by Crippen LogP contribution is -2.35. The number of likely N-dealkylation sites (N-methyl/N-ethyl adjacent to an activating group) is 1. The van der Waals surface area contributed by atoms with E-state index in [4.69, 9.17) is 4.74 Å². The minimum Gasteiger partial charge on any atom is -0.507 e. The summed E-state index contributed by atoms with van der Waals surface area (Å²) in [5, 5.41) is 21.9. The van der Waals surface area contributed by atoms with Crippen LogP contribution in [0.15, 0.2) is 24.3 Å². The number of aromatic hydroxyl groups is 1. The Labute approximate surface area is 148 Å². The molecule has 0 amide bonds. The van der Waals surface area contributed by atoms with Crippen LogP contribution in [0.2, 0.25) is 0 Å². The number of carbonyl (C=O) groups is 1. The third-order valence-electron chi connectivity index (χ3n) is 4.29. The average Bonchev–Trinajstić information content (AvgIpc) is 2.53. The molecule has 1 atom stereocenters. The predicted molar refractivity (Wildman–Crippen MR) is 97.8 cm³/mol. The molecule has 0 unspecified atom stereocenters. The maximum Gasteiger partial charge on any atom is 0.321 e. The zero-order chi connectivity index (χ0) is 18.7. The molecule has 0 saturated heterocycles. The summed E-state index contributed by atoms with van der Waals surface area (Å²) < 4.78 is 6.05. The lowest BCUT2D eigenvalue weighted by molar-refractivity contribution is -0.139. The number of hydrogen-bond acceptors (Lipinski definition) is 4. The highest BCUT2D eigenvalue weighted by molar-refractivity contribution is 5.74. The highest BCUT2D eigenvalue weighted by atomic mass is 16.5. The van der Waals surface area contributed by atoms with Crippen molar-refractivity contribution in [3.8, 4) is 17.2 Å². The number of aryl methyl sites for hydroxylation is 4. The van der Waals surface area contributed by atoms with Gasteiger partial charge in [-0.25, -0.2) is 0 Å². The number of phenols is 1. The van der Waals surface area contributed by atoms with E-state index in [0.717, 1.165) is 33.6 Å². The molecule has 2 aromatic rings. The maximum absolute atomic E-state index is 11.2. The molecule has 0 aromatic heterocycles. The fourth-order valence-corrected chi connectivity index (χ4v) is 2.96. The number of carboxylic acids is 1. The van der Waals surface area contributed by atoms with E-state index in [1.54, 1.807) is 19.2 Å². The maximum atomic E-state index is 11.2. The van der Waals surface area contributed by atoms with E-state index in [0.29, 0.717) is 12.2 Å². The fourth-order valence-electron chi connectivity index (χ4n) is 2.96. The Bertz CT molecular complexity index is 752. The van der Waals surface area contributed by atoms with Crippen molar-refractivity contribution in [3.05, 3.63) is 52.1 Å². The van der Waals surface area contributed by atoms with Crippen molar-refractivity contribution in [2.45, 2.75) is 40.2 Å². The Hall–Kier alpha value is -2.53. The Balaban J connectivity index is 2.30. The molecule has 0 aliphatic carbocycles. The van der Waals surface area contributed by atoms with E-state index in [9.17, 15) is 15.0 Å². The van der Waals surface area contributed by atoms with Gasteiger partial charge in [-0.15, -0.1) is 0 Å². The van der Waals surface area contributed by atoms with Crippen molar-refractivity contribution >= 4 is 5.97 Å². The molecule has 134 valence electrons. The van der Waals surface area contributed by atoms with Crippen LogP contribution < -0.4 is 10.1 Å². The van der Waals surface area contributed by atoms with E-state index < -0.39 is 12.0 Å². The SMILES string of the molecule is CN[C@@H](Cc1cc(C)c(Oc2cc(C)c(O)c(C)c2)c(C)c1)C(=O)O. The number of benzene rings is 2. The van der Waals surface area contributed by atoms with Gasteiger partial charge in [0.05, 0.1) is 0 Å². The number of hydrogen-bond donors (Lipinski definition) is 3. The molecule has 0 saturated carbocycles. The molecular formula is C20H25NO4. The van der Waals surface area contributed by atoms with Gasteiger partial charge in [0, 0.05) is 0 Å². The standard InChI is InChI=1S/C20H25NO4/c1-11-8-16(9-12(2)18(11)22)25-19-13(3)6-15(7-14(19)4)10-17(21-5)20(23)24/h6-9,17,21-22H,10H2,1-5H3,(H,23,24)/t17-/m0/s1. The fraction of sp³-hybridized carbons (Fsp3) is 0.350. The first-order valence-electron chi connectivity index (χ1n) is 8.21. The summed E-state index contributed by atoms with van der Waals surface area (Å²) in [6.07, 6.45) is 0.408. The molecule has 0 spiro atoms. The zero-order valence-electron chi connectivity index (χ0n) is 15.3. The lowest BCUT2D eigenvalue weighted by Gasteiger charge is -2.17. The van der Waals surface area contributed by atoms with Crippen molar-refractivity contribution in [2.75, 3.05) is 7.05 Å². The van der Waals surface area contributed by atoms with Crippen molar-refractivity contribution < 1.29 is 19.7 Å². The van der Waals surface area contributed by atoms with Gasteiger partial charge >= 0.3 is 5.97 Å². The van der Waals surface area contributed by atoms with Crippen LogP contribution in [0.3, 0.4) is 0 Å². The van der Waals surface area contributed by atoms with Gasteiger partial charge in [0.15, 0.2) is 0 Å². The summed E-state index contributed by atoms with van der Waals surface area (Å²) in [6.45, 7) is 7.56. The molecule has 0 radical (unpaired) electrons. The monoisotopic (exact) mass is 343 g/mol. The second kappa shape index (κ2) is 7.57. The highest BCUT2D eigenvalue weighted by Crippen LogP contribution is 2.33. The van der Waals surface area contributed by atoms with Crippen LogP contribution in [0.4, 0.5) is 0 Å². The molecule has 0 fully saturated rings. The molecule has 0 aliphatic rings. The van der Waals surface area contributed by atoms with Crippen LogP contribution in [0.25, 0.3) is 0 Å². The van der Waals surface area contributed by atoms with Crippen molar-refractivity contribution in [1.82, 2.24) is 5.32 Å². The van der Waals surface area contributed by atoms with Crippen molar-refractivity contribution in [1.29, 1.82) is 0 Å². The highest BCUT2D eigenvalue weighted by Gasteiger charge is 2.17. The molecule has 2 aromatic carbocycles. The summed E-state index contributed by atoms with van der Waals surface area (Å²) >= 11 is 0. The average molecular weight is 343 g/mol. The second-order valence-electron chi connectivity index (χ2n) is 6.45. The summed E-state index contributed by atoms with van der Waals surface area (Å²) in [5.74, 6) is 0.839. The minimum atomic E-state index is -0.867. The van der Waals surface area contributed by atoms with E-state index in [1.807, 2.05) is 39.8 Å². The smallest absolute Gasteiger partial charge is 0.321 e. The van der Waals surface area contributed by atoms with Crippen LogP contribution in [-0.4, -0.2) is 29.3 Å². The topological polar surface area (TPSA) is 78.8 Å². The molecule has 0 heterocycles. The number of carboxylic acid groups (broad SMARTS) is 1. The van der Waals surface area contributed by atoms with Gasteiger partial charge in [-0.05, 0) is 81.1 Å². The minimum absolute atomic E-state index is 0.280. The summed E-state index contributed by atoms with van der Waals surface area (Å²) in [4.78, 5) is 11.2. The molecule has 5 heteroatoms. The quantitative estimate of drug-likeness (QED) is 0.746. The molecule has 5 nitrogen and oxygen atoms in total. The van der Waals surface area contributed by atoms with Crippen LogP contribution >= 0.6 is 0 Å². The van der Waals surface area contributed by atoms with Crippen LogP contribution in [-0.2, 0) is 11.2 Å². The van der Waals surface area contributed by atoms with Gasteiger partial charge in [0.2, 0.25) is 0 Å². The van der Waals surface area contributed by atoms with Crippen molar-refractivity contribution in [3.63, 3.8) is 0 Å². The number of ether oxygens (including phenoxy) is 1. The van der Waals surface area contributed by atoms with Crippen LogP contribution in [0.5, 0.6) is 17.2 Å². The molecule has 0 aliphatic heterocycles. The third kappa shape index (κ3) is 4.31. The molecular weight excluding hydrogens is 318 g/mol. The van der Waals surface area contributed by atoms with E-state index in [-0.39, 0.29) is 5.75 Å². The summed E-state index contributed by atoms with van der Waals surface area (Å²) in [6, 6.07) is 6.89. The first kappa shape index (κ1) is 18.8. The Morgan fingerprint density at radius 1 is 1.04 bits per heavy atom. The van der Waals surface area contributed by atoms with Gasteiger partial charge in [-0.2, -0.15) is 0 Å². The zero-order valence-corrected chi connectivity index (χ0v) is 15.3. The van der Waals surface area contributed by atoms with Gasteiger partial charge in [-0.3, -0.25) is 4.79 Å². The van der Waals surface area contributed by atoms with Crippen LogP contribution in [0, 0.1) is 27.7 Å². The number of rotatable bonds is 6. The third-order valence-corrected chi connectivity index (χ3v) is 4.29. The molecule has 25 heavy (non-hydrogen) atoms. The number of phenolic OH excluding ortho intramolecular Hbond substituents is 1. The van der Waals surface area contributed by atoms with E-state index in [2.05, 4.69) is 5.32 Å². The summed E-state index contributed by atoms with van der Waals surface area (Å²) in [5.41, 5.74) is 4.36. The predicted octanol–water partition coefficient (Wildman–Crippen LogP) is 3.63. The van der Waals surface area contributed by atoms with Crippen LogP contribution in [0.1, 0.15) is 27.8 Å². The largest absolute Gasteiger partial charge is 0.507 e. The Morgan fingerprint density at radius 2 is 1.56 bits per heavy atom. The first-order valence-corrected chi connectivity index (χ1v) is 8.21. The van der Waals surface area contributed by atoms with Gasteiger partial charge in [-0.1, -0.05) is 12.1 Å². The number of aliphatic carboxylic acids is 1. The van der Waals surface area contributed by atoms with Crippen molar-refractivity contribution in [2.24, 2.45) is 0 Å². The Kier molecular flexibility index (Phi) is 5.69.